The minimum atomic E-state index is -0.233. The Morgan fingerprint density at radius 2 is 1.95 bits per heavy atom. The van der Waals surface area contributed by atoms with E-state index < -0.39 is 0 Å². The lowest BCUT2D eigenvalue weighted by atomic mass is 10.0. The van der Waals surface area contributed by atoms with Gasteiger partial charge in [-0.05, 0) is 31.0 Å². The number of amides is 1. The zero-order valence-corrected chi connectivity index (χ0v) is 14.5. The molecule has 1 atom stereocenters. The molecule has 4 nitrogen and oxygen atoms in total. The fourth-order valence-corrected chi connectivity index (χ4v) is 2.02. The number of ketones is 1. The summed E-state index contributed by atoms with van der Waals surface area (Å²) in [6, 6.07) is 5.12. The molecule has 0 heterocycles. The molecule has 5 heteroatoms. The van der Waals surface area contributed by atoms with Crippen LogP contribution in [0.1, 0.15) is 44.5 Å². The van der Waals surface area contributed by atoms with E-state index in [2.05, 4.69) is 21.2 Å². The highest BCUT2D eigenvalue weighted by molar-refractivity contribution is 9.10. The molecule has 1 amide bonds. The van der Waals surface area contributed by atoms with Gasteiger partial charge in [0.05, 0.1) is 17.1 Å². The van der Waals surface area contributed by atoms with Crippen molar-refractivity contribution in [2.75, 3.05) is 11.9 Å². The van der Waals surface area contributed by atoms with E-state index in [1.165, 1.54) is 0 Å². The standard InChI is InChI=1S/C16H22BrNO3/c1-5-14(19)18-12-8-7-11(9-13(12)21-6-2)16(20)15(17)10(3)4/h7-10,15H,5-6H2,1-4H3,(H,18,19). The van der Waals surface area contributed by atoms with Crippen molar-refractivity contribution in [3.05, 3.63) is 23.8 Å². The minimum Gasteiger partial charge on any atom is -0.492 e. The summed E-state index contributed by atoms with van der Waals surface area (Å²) in [5, 5.41) is 2.78. The number of Topliss-reactive ketones (excluding diaryl/α,β-unsaturated/α-hetero) is 1. The molecule has 1 rings (SSSR count). The molecular formula is C16H22BrNO3. The van der Waals surface area contributed by atoms with Crippen LogP contribution in [-0.2, 0) is 4.79 Å². The second kappa shape index (κ2) is 8.17. The first-order valence-electron chi connectivity index (χ1n) is 7.15. The highest BCUT2D eigenvalue weighted by Crippen LogP contribution is 2.28. The van der Waals surface area contributed by atoms with Gasteiger partial charge in [0.1, 0.15) is 5.75 Å². The van der Waals surface area contributed by atoms with Gasteiger partial charge in [0.15, 0.2) is 5.78 Å². The summed E-state index contributed by atoms with van der Waals surface area (Å²) in [5.41, 5.74) is 1.17. The monoisotopic (exact) mass is 355 g/mol. The Morgan fingerprint density at radius 1 is 1.29 bits per heavy atom. The zero-order valence-electron chi connectivity index (χ0n) is 12.9. The zero-order chi connectivity index (χ0) is 16.0. The summed E-state index contributed by atoms with van der Waals surface area (Å²) in [4.78, 5) is 23.6. The van der Waals surface area contributed by atoms with E-state index in [0.29, 0.717) is 30.0 Å². The molecule has 0 bridgehead atoms. The Labute approximate surface area is 134 Å². The molecule has 0 aliphatic rings. The normalized spacial score (nSPS) is 12.1. The number of carbonyl (C=O) groups excluding carboxylic acids is 2. The van der Waals surface area contributed by atoms with Gasteiger partial charge < -0.3 is 10.1 Å². The molecule has 1 aromatic carbocycles. The number of anilines is 1. The van der Waals surface area contributed by atoms with Crippen molar-refractivity contribution in [3.8, 4) is 5.75 Å². The molecule has 0 aliphatic heterocycles. The van der Waals surface area contributed by atoms with E-state index >= 15 is 0 Å². The van der Waals surface area contributed by atoms with E-state index in [1.54, 1.807) is 25.1 Å². The van der Waals surface area contributed by atoms with E-state index in [4.69, 9.17) is 4.74 Å². The van der Waals surface area contributed by atoms with Crippen LogP contribution in [0.2, 0.25) is 0 Å². The van der Waals surface area contributed by atoms with Crippen LogP contribution in [0.3, 0.4) is 0 Å². The largest absolute Gasteiger partial charge is 0.492 e. The highest BCUT2D eigenvalue weighted by Gasteiger charge is 2.21. The molecule has 0 radical (unpaired) electrons. The Hall–Kier alpha value is -1.36. The highest BCUT2D eigenvalue weighted by atomic mass is 79.9. The van der Waals surface area contributed by atoms with Gasteiger partial charge in [-0.1, -0.05) is 36.7 Å². The molecule has 1 aromatic rings. The summed E-state index contributed by atoms with van der Waals surface area (Å²) in [5.74, 6) is 0.649. The van der Waals surface area contributed by atoms with Crippen LogP contribution in [0, 0.1) is 5.92 Å². The molecule has 0 saturated heterocycles. The van der Waals surface area contributed by atoms with Crippen molar-refractivity contribution >= 4 is 33.3 Å². The van der Waals surface area contributed by atoms with E-state index in [9.17, 15) is 9.59 Å². The first kappa shape index (κ1) is 17.7. The number of alkyl halides is 1. The van der Waals surface area contributed by atoms with Crippen molar-refractivity contribution in [1.29, 1.82) is 0 Å². The summed E-state index contributed by atoms with van der Waals surface area (Å²) in [6.07, 6.45) is 0.392. The lowest BCUT2D eigenvalue weighted by Crippen LogP contribution is -2.20. The molecule has 21 heavy (non-hydrogen) atoms. The predicted octanol–water partition coefficient (Wildman–Crippen LogP) is 4.04. The molecule has 116 valence electrons. The molecule has 0 aromatic heterocycles. The number of rotatable bonds is 7. The van der Waals surface area contributed by atoms with E-state index in [0.717, 1.165) is 0 Å². The van der Waals surface area contributed by atoms with Crippen LogP contribution in [-0.4, -0.2) is 23.1 Å². The maximum atomic E-state index is 12.3. The van der Waals surface area contributed by atoms with Gasteiger partial charge in [0.2, 0.25) is 5.91 Å². The molecular weight excluding hydrogens is 334 g/mol. The number of carbonyl (C=O) groups is 2. The number of ether oxygens (including phenoxy) is 1. The third-order valence-corrected chi connectivity index (χ3v) is 4.47. The van der Waals surface area contributed by atoms with Crippen LogP contribution in [0.25, 0.3) is 0 Å². The third kappa shape index (κ3) is 4.84. The van der Waals surface area contributed by atoms with Crippen molar-refractivity contribution in [2.24, 2.45) is 5.92 Å². The van der Waals surface area contributed by atoms with E-state index in [1.807, 2.05) is 20.8 Å². The lowest BCUT2D eigenvalue weighted by molar-refractivity contribution is -0.115. The van der Waals surface area contributed by atoms with Crippen LogP contribution in [0.4, 0.5) is 5.69 Å². The number of halogens is 1. The molecule has 0 spiro atoms. The number of nitrogens with one attached hydrogen (secondary N) is 1. The molecule has 1 N–H and O–H groups in total. The summed E-state index contributed by atoms with van der Waals surface area (Å²) >= 11 is 3.42. The third-order valence-electron chi connectivity index (χ3n) is 3.00. The Bertz CT molecular complexity index is 514. The molecule has 0 aliphatic carbocycles. The van der Waals surface area contributed by atoms with Crippen molar-refractivity contribution < 1.29 is 14.3 Å². The van der Waals surface area contributed by atoms with Crippen LogP contribution in [0.5, 0.6) is 5.75 Å². The average molecular weight is 356 g/mol. The maximum absolute atomic E-state index is 12.3. The van der Waals surface area contributed by atoms with Gasteiger partial charge >= 0.3 is 0 Å². The summed E-state index contributed by atoms with van der Waals surface area (Å²) < 4.78 is 5.53. The molecule has 0 fully saturated rings. The topological polar surface area (TPSA) is 55.4 Å². The van der Waals surface area contributed by atoms with Crippen molar-refractivity contribution in [3.63, 3.8) is 0 Å². The Kier molecular flexibility index (Phi) is 6.89. The predicted molar refractivity (Wildman–Crippen MR) is 88.4 cm³/mol. The Balaban J connectivity index is 3.07. The number of hydrogen-bond acceptors (Lipinski definition) is 3. The second-order valence-corrected chi connectivity index (χ2v) is 6.04. The van der Waals surface area contributed by atoms with Crippen molar-refractivity contribution in [1.82, 2.24) is 0 Å². The number of benzene rings is 1. The minimum absolute atomic E-state index is 0.0133. The van der Waals surface area contributed by atoms with Gasteiger partial charge in [-0.2, -0.15) is 0 Å². The average Bonchev–Trinajstić information content (AvgIpc) is 2.47. The lowest BCUT2D eigenvalue weighted by Gasteiger charge is -2.15. The molecule has 1 unspecified atom stereocenters. The fourth-order valence-electron chi connectivity index (χ4n) is 1.75. The quantitative estimate of drug-likeness (QED) is 0.593. The SMILES string of the molecule is CCOc1cc(C(=O)C(Br)C(C)C)ccc1NC(=O)CC. The Morgan fingerprint density at radius 3 is 2.48 bits per heavy atom. The fraction of sp³-hybridized carbons (Fsp3) is 0.500. The van der Waals surface area contributed by atoms with Gasteiger partial charge in [0, 0.05) is 12.0 Å². The maximum Gasteiger partial charge on any atom is 0.224 e. The van der Waals surface area contributed by atoms with Crippen LogP contribution < -0.4 is 10.1 Å². The first-order chi connectivity index (χ1) is 9.90. The van der Waals surface area contributed by atoms with Crippen LogP contribution >= 0.6 is 15.9 Å². The smallest absolute Gasteiger partial charge is 0.224 e. The van der Waals surface area contributed by atoms with Crippen molar-refractivity contribution in [2.45, 2.75) is 38.9 Å². The van der Waals surface area contributed by atoms with Gasteiger partial charge in [0.25, 0.3) is 0 Å². The van der Waals surface area contributed by atoms with Gasteiger partial charge in [-0.15, -0.1) is 0 Å². The summed E-state index contributed by atoms with van der Waals surface area (Å²) in [7, 11) is 0. The first-order valence-corrected chi connectivity index (χ1v) is 8.07. The van der Waals surface area contributed by atoms with Crippen LogP contribution in [0.15, 0.2) is 18.2 Å². The number of hydrogen-bond donors (Lipinski definition) is 1. The van der Waals surface area contributed by atoms with E-state index in [-0.39, 0.29) is 22.4 Å². The van der Waals surface area contributed by atoms with Gasteiger partial charge in [-0.3, -0.25) is 9.59 Å². The molecule has 0 saturated carbocycles. The summed E-state index contributed by atoms with van der Waals surface area (Å²) in [6.45, 7) is 8.08. The van der Waals surface area contributed by atoms with Gasteiger partial charge in [-0.25, -0.2) is 0 Å². The second-order valence-electron chi connectivity index (χ2n) is 5.06.